The lowest BCUT2D eigenvalue weighted by Gasteiger charge is -2.36. The molecule has 0 atom stereocenters. The van der Waals surface area contributed by atoms with Gasteiger partial charge >= 0.3 is 5.97 Å². The van der Waals surface area contributed by atoms with Crippen LogP contribution in [0.3, 0.4) is 0 Å². The van der Waals surface area contributed by atoms with Gasteiger partial charge in [-0.05, 0) is 23.1 Å². The molecule has 1 fully saturated rings. The van der Waals surface area contributed by atoms with E-state index in [-0.39, 0.29) is 5.92 Å². The van der Waals surface area contributed by atoms with E-state index in [1.54, 1.807) is 18.4 Å². The number of aromatic nitrogens is 1. The van der Waals surface area contributed by atoms with Gasteiger partial charge in [0.15, 0.2) is 0 Å². The quantitative estimate of drug-likeness (QED) is 0.572. The van der Waals surface area contributed by atoms with Crippen molar-refractivity contribution in [2.75, 3.05) is 20.2 Å². The molecule has 5 nitrogen and oxygen atoms in total. The van der Waals surface area contributed by atoms with E-state index in [0.717, 1.165) is 26.8 Å². The molecule has 1 N–H and O–H groups in total. The number of rotatable bonds is 7. The molecule has 0 radical (unpaired) electrons. The summed E-state index contributed by atoms with van der Waals surface area (Å²) < 4.78 is 5.61. The average Bonchev–Trinajstić information content (AvgIpc) is 3.20. The molecule has 1 aliphatic heterocycles. The van der Waals surface area contributed by atoms with Crippen molar-refractivity contribution in [2.24, 2.45) is 5.92 Å². The van der Waals surface area contributed by atoms with Crippen LogP contribution < -0.4 is 4.74 Å². The maximum absolute atomic E-state index is 11.0. The van der Waals surface area contributed by atoms with E-state index in [9.17, 15) is 4.79 Å². The minimum absolute atomic E-state index is 0.251. The number of methoxy groups -OCH3 is 1. The van der Waals surface area contributed by atoms with Crippen molar-refractivity contribution in [2.45, 2.75) is 26.3 Å². The molecule has 156 valence electrons. The van der Waals surface area contributed by atoms with E-state index < -0.39 is 5.97 Å². The van der Waals surface area contributed by atoms with Crippen molar-refractivity contribution in [1.82, 2.24) is 9.88 Å². The van der Waals surface area contributed by atoms with Gasteiger partial charge in [-0.3, -0.25) is 9.69 Å². The molecule has 0 spiro atoms. The predicted octanol–water partition coefficient (Wildman–Crippen LogP) is 5.13. The van der Waals surface area contributed by atoms with Crippen molar-refractivity contribution in [3.63, 3.8) is 0 Å². The number of nitrogens with zero attached hydrogens (tertiary/aromatic N) is 2. The fourth-order valence-corrected chi connectivity index (χ4v) is 4.60. The number of hydrogen-bond donors (Lipinski definition) is 1. The van der Waals surface area contributed by atoms with Crippen LogP contribution in [-0.2, 0) is 11.3 Å². The van der Waals surface area contributed by atoms with E-state index in [2.05, 4.69) is 60.1 Å². The number of benzene rings is 2. The van der Waals surface area contributed by atoms with Gasteiger partial charge in [0.25, 0.3) is 0 Å². The molecule has 6 heteroatoms. The Balaban J connectivity index is 1.50. The van der Waals surface area contributed by atoms with E-state index in [4.69, 9.17) is 9.84 Å². The van der Waals surface area contributed by atoms with Gasteiger partial charge in [-0.15, -0.1) is 11.3 Å². The van der Waals surface area contributed by atoms with Gasteiger partial charge in [0.2, 0.25) is 0 Å². The highest BCUT2D eigenvalue weighted by Crippen LogP contribution is 2.35. The third kappa shape index (κ3) is 4.25. The predicted molar refractivity (Wildman–Crippen MR) is 120 cm³/mol. The number of ether oxygens (including phenoxy) is 1. The highest BCUT2D eigenvalue weighted by molar-refractivity contribution is 7.18. The third-order valence-electron chi connectivity index (χ3n) is 5.60. The Labute approximate surface area is 181 Å². The maximum Gasteiger partial charge on any atom is 0.309 e. The Kier molecular flexibility index (Phi) is 5.88. The highest BCUT2D eigenvalue weighted by atomic mass is 32.1. The Morgan fingerprint density at radius 3 is 2.53 bits per heavy atom. The SMILES string of the molecule is COc1cc(-c2ncc(-c3ccc(C(C)C)cc3)s2)ccc1CN1CC(C(=O)O)C1. The van der Waals surface area contributed by atoms with E-state index >= 15 is 0 Å². The lowest BCUT2D eigenvalue weighted by atomic mass is 9.99. The summed E-state index contributed by atoms with van der Waals surface area (Å²) in [7, 11) is 1.67. The molecule has 1 aromatic heterocycles. The highest BCUT2D eigenvalue weighted by Gasteiger charge is 2.32. The molecule has 1 saturated heterocycles. The second-order valence-electron chi connectivity index (χ2n) is 8.06. The molecule has 3 aromatic rings. The number of carboxylic acids is 1. The van der Waals surface area contributed by atoms with Gasteiger partial charge in [-0.25, -0.2) is 4.98 Å². The fourth-order valence-electron chi connectivity index (χ4n) is 3.68. The molecular weight excluding hydrogens is 396 g/mol. The van der Waals surface area contributed by atoms with E-state index in [1.807, 2.05) is 12.3 Å². The van der Waals surface area contributed by atoms with Crippen LogP contribution in [-0.4, -0.2) is 41.2 Å². The molecule has 1 aliphatic rings. The van der Waals surface area contributed by atoms with E-state index in [1.165, 1.54) is 11.1 Å². The molecular formula is C24H26N2O3S. The monoisotopic (exact) mass is 422 g/mol. The second kappa shape index (κ2) is 8.58. The molecule has 0 bridgehead atoms. The number of likely N-dealkylation sites (tertiary alicyclic amines) is 1. The molecule has 30 heavy (non-hydrogen) atoms. The first-order valence-corrected chi connectivity index (χ1v) is 10.9. The van der Waals surface area contributed by atoms with Crippen LogP contribution in [0.4, 0.5) is 0 Å². The van der Waals surface area contributed by atoms with Crippen LogP contribution in [0.5, 0.6) is 5.75 Å². The standard InChI is InChI=1S/C24H26N2O3S/c1-15(2)16-4-6-17(7-5-16)22-11-25-23(30-22)18-8-9-19(21(10-18)29-3)12-26-13-20(14-26)24(27)28/h4-11,15,20H,12-14H2,1-3H3,(H,27,28). The fraction of sp³-hybridized carbons (Fsp3) is 0.333. The molecule has 2 aromatic carbocycles. The molecule has 0 amide bonds. The van der Waals surface area contributed by atoms with Crippen molar-refractivity contribution in [3.8, 4) is 26.8 Å². The summed E-state index contributed by atoms with van der Waals surface area (Å²) in [6.45, 7) is 6.27. The number of aliphatic carboxylic acids is 1. The summed E-state index contributed by atoms with van der Waals surface area (Å²) in [6.07, 6.45) is 1.93. The topological polar surface area (TPSA) is 62.7 Å². The molecule has 0 aliphatic carbocycles. The van der Waals surface area contributed by atoms with Gasteiger partial charge < -0.3 is 9.84 Å². The third-order valence-corrected chi connectivity index (χ3v) is 6.70. The first-order chi connectivity index (χ1) is 14.4. The number of carboxylic acid groups (broad SMARTS) is 1. The van der Waals surface area contributed by atoms with Gasteiger partial charge in [-0.1, -0.05) is 50.2 Å². The molecule has 0 saturated carbocycles. The summed E-state index contributed by atoms with van der Waals surface area (Å²) in [4.78, 5) is 18.9. The van der Waals surface area contributed by atoms with Gasteiger partial charge in [-0.2, -0.15) is 0 Å². The Morgan fingerprint density at radius 2 is 1.90 bits per heavy atom. The Bertz CT molecular complexity index is 1040. The molecule has 2 heterocycles. The van der Waals surface area contributed by atoms with Crippen molar-refractivity contribution < 1.29 is 14.6 Å². The van der Waals surface area contributed by atoms with Crippen molar-refractivity contribution >= 4 is 17.3 Å². The smallest absolute Gasteiger partial charge is 0.309 e. The van der Waals surface area contributed by atoms with E-state index in [0.29, 0.717) is 25.6 Å². The van der Waals surface area contributed by atoms with Crippen LogP contribution in [0.1, 0.15) is 30.9 Å². The zero-order valence-electron chi connectivity index (χ0n) is 17.5. The van der Waals surface area contributed by atoms with Gasteiger partial charge in [0, 0.05) is 37.0 Å². The largest absolute Gasteiger partial charge is 0.496 e. The lowest BCUT2D eigenvalue weighted by molar-refractivity contribution is -0.147. The number of carbonyl (C=O) groups is 1. The first kappa shape index (κ1) is 20.6. The molecule has 4 rings (SSSR count). The minimum atomic E-state index is -0.716. The number of hydrogen-bond acceptors (Lipinski definition) is 5. The minimum Gasteiger partial charge on any atom is -0.496 e. The van der Waals surface area contributed by atoms with Crippen LogP contribution in [0.2, 0.25) is 0 Å². The Hall–Kier alpha value is -2.70. The van der Waals surface area contributed by atoms with Crippen molar-refractivity contribution in [3.05, 3.63) is 59.8 Å². The normalized spacial score (nSPS) is 14.7. The second-order valence-corrected chi connectivity index (χ2v) is 9.09. The van der Waals surface area contributed by atoms with Gasteiger partial charge in [0.1, 0.15) is 10.8 Å². The van der Waals surface area contributed by atoms with Gasteiger partial charge in [0.05, 0.1) is 17.9 Å². The summed E-state index contributed by atoms with van der Waals surface area (Å²) in [6, 6.07) is 14.8. The summed E-state index contributed by atoms with van der Waals surface area (Å²) in [5, 5.41) is 10.0. The zero-order valence-corrected chi connectivity index (χ0v) is 18.3. The van der Waals surface area contributed by atoms with Crippen LogP contribution in [0, 0.1) is 5.92 Å². The molecule has 0 unspecified atom stereocenters. The lowest BCUT2D eigenvalue weighted by Crippen LogP contribution is -2.49. The first-order valence-electron chi connectivity index (χ1n) is 10.1. The summed E-state index contributed by atoms with van der Waals surface area (Å²) in [5.41, 5.74) is 4.60. The van der Waals surface area contributed by atoms with Crippen LogP contribution >= 0.6 is 11.3 Å². The summed E-state index contributed by atoms with van der Waals surface area (Å²) in [5.74, 6) is 0.364. The summed E-state index contributed by atoms with van der Waals surface area (Å²) >= 11 is 1.67. The number of thiazole rings is 1. The average molecular weight is 423 g/mol. The van der Waals surface area contributed by atoms with Crippen molar-refractivity contribution in [1.29, 1.82) is 0 Å². The maximum atomic E-state index is 11.0. The zero-order chi connectivity index (χ0) is 21.3. The Morgan fingerprint density at radius 1 is 1.20 bits per heavy atom. The van der Waals surface area contributed by atoms with Crippen LogP contribution in [0.25, 0.3) is 21.0 Å². The van der Waals surface area contributed by atoms with Crippen LogP contribution in [0.15, 0.2) is 48.7 Å².